The van der Waals surface area contributed by atoms with Crippen molar-refractivity contribution in [1.82, 2.24) is 10.2 Å². The minimum absolute atomic E-state index is 0.112. The van der Waals surface area contributed by atoms with Gasteiger partial charge in [-0.25, -0.2) is 12.8 Å². The van der Waals surface area contributed by atoms with Crippen LogP contribution in [0.25, 0.3) is 0 Å². The van der Waals surface area contributed by atoms with E-state index >= 15 is 0 Å². The summed E-state index contributed by atoms with van der Waals surface area (Å²) in [5, 5.41) is 2.77. The van der Waals surface area contributed by atoms with Crippen LogP contribution in [0.5, 0.6) is 0 Å². The van der Waals surface area contributed by atoms with Gasteiger partial charge in [0.1, 0.15) is 18.4 Å². The van der Waals surface area contributed by atoms with Crippen LogP contribution in [-0.4, -0.2) is 50.5 Å². The normalized spacial score (nSPS) is 12.2. The number of nitrogens with one attached hydrogen (secondary N) is 1. The van der Waals surface area contributed by atoms with Crippen molar-refractivity contribution in [2.75, 3.05) is 23.7 Å². The van der Waals surface area contributed by atoms with E-state index in [1.165, 1.54) is 23.1 Å². The first-order chi connectivity index (χ1) is 15.1. The monoisotopic (exact) mass is 463 g/mol. The molecule has 1 atom stereocenters. The van der Waals surface area contributed by atoms with Crippen LogP contribution in [0.1, 0.15) is 31.4 Å². The summed E-state index contributed by atoms with van der Waals surface area (Å²) in [6.45, 7) is 5.34. The molecule has 0 fully saturated rings. The van der Waals surface area contributed by atoms with Gasteiger partial charge < -0.3 is 10.2 Å². The van der Waals surface area contributed by atoms with Gasteiger partial charge in [0.2, 0.25) is 21.8 Å². The predicted octanol–water partition coefficient (Wildman–Crippen LogP) is 2.84. The highest BCUT2D eigenvalue weighted by molar-refractivity contribution is 7.92. The molecule has 7 nitrogen and oxygen atoms in total. The van der Waals surface area contributed by atoms with E-state index in [1.54, 1.807) is 6.92 Å². The zero-order valence-electron chi connectivity index (χ0n) is 18.8. The van der Waals surface area contributed by atoms with E-state index in [2.05, 4.69) is 5.32 Å². The second-order valence-electron chi connectivity index (χ2n) is 7.64. The van der Waals surface area contributed by atoms with Crippen LogP contribution in [0.15, 0.2) is 48.5 Å². The molecular weight excluding hydrogens is 433 g/mol. The van der Waals surface area contributed by atoms with Crippen LogP contribution >= 0.6 is 0 Å². The van der Waals surface area contributed by atoms with Gasteiger partial charge >= 0.3 is 0 Å². The summed E-state index contributed by atoms with van der Waals surface area (Å²) >= 11 is 0. The number of anilines is 1. The Morgan fingerprint density at radius 1 is 1.09 bits per heavy atom. The van der Waals surface area contributed by atoms with Crippen molar-refractivity contribution in [3.8, 4) is 0 Å². The molecule has 0 aromatic heterocycles. The van der Waals surface area contributed by atoms with Crippen LogP contribution < -0.4 is 9.62 Å². The summed E-state index contributed by atoms with van der Waals surface area (Å²) in [4.78, 5) is 27.3. The number of hydrogen-bond donors (Lipinski definition) is 1. The van der Waals surface area contributed by atoms with E-state index in [0.717, 1.165) is 34.2 Å². The first kappa shape index (κ1) is 25.3. The van der Waals surface area contributed by atoms with Gasteiger partial charge in [0.15, 0.2) is 0 Å². The largest absolute Gasteiger partial charge is 0.354 e. The number of benzene rings is 2. The van der Waals surface area contributed by atoms with E-state index < -0.39 is 34.3 Å². The first-order valence-electron chi connectivity index (χ1n) is 10.4. The standard InChI is InChI=1S/C23H30FN3O4S/c1-5-14-25-23(29)18(3)26(15-19-11-7-6-10-17(19)2)22(28)16-27(32(4,30)31)21-13-9-8-12-20(21)24/h6-13,18H,5,14-16H2,1-4H3,(H,25,29). The van der Waals surface area contributed by atoms with Gasteiger partial charge in [-0.05, 0) is 43.5 Å². The number of sulfonamides is 1. The summed E-state index contributed by atoms with van der Waals surface area (Å²) in [5.74, 6) is -1.71. The molecule has 0 saturated heterocycles. The van der Waals surface area contributed by atoms with Gasteiger partial charge in [-0.1, -0.05) is 43.3 Å². The van der Waals surface area contributed by atoms with Crippen molar-refractivity contribution in [3.05, 3.63) is 65.5 Å². The van der Waals surface area contributed by atoms with Gasteiger partial charge in [-0.2, -0.15) is 0 Å². The lowest BCUT2D eigenvalue weighted by molar-refractivity contribution is -0.139. The number of carbonyl (C=O) groups is 2. The third kappa shape index (κ3) is 6.53. The summed E-state index contributed by atoms with van der Waals surface area (Å²) in [7, 11) is -3.96. The number of hydrogen-bond acceptors (Lipinski definition) is 4. The minimum Gasteiger partial charge on any atom is -0.354 e. The fourth-order valence-corrected chi connectivity index (χ4v) is 4.05. The van der Waals surface area contributed by atoms with Crippen molar-refractivity contribution in [1.29, 1.82) is 0 Å². The predicted molar refractivity (Wildman–Crippen MR) is 123 cm³/mol. The molecule has 32 heavy (non-hydrogen) atoms. The fraction of sp³-hybridized carbons (Fsp3) is 0.391. The third-order valence-corrected chi connectivity index (χ3v) is 6.25. The van der Waals surface area contributed by atoms with E-state index in [0.29, 0.717) is 6.54 Å². The molecule has 9 heteroatoms. The molecule has 0 aliphatic rings. The maximum absolute atomic E-state index is 14.4. The first-order valence-corrected chi connectivity index (χ1v) is 12.2. The maximum atomic E-state index is 14.4. The molecule has 0 aliphatic carbocycles. The van der Waals surface area contributed by atoms with Crippen molar-refractivity contribution < 1.29 is 22.4 Å². The zero-order chi connectivity index (χ0) is 23.9. The quantitative estimate of drug-likeness (QED) is 0.587. The number of halogens is 1. The number of carbonyl (C=O) groups excluding carboxylic acids is 2. The maximum Gasteiger partial charge on any atom is 0.244 e. The molecule has 0 bridgehead atoms. The second-order valence-corrected chi connectivity index (χ2v) is 9.54. The van der Waals surface area contributed by atoms with Gasteiger partial charge in [0.05, 0.1) is 11.9 Å². The molecule has 2 rings (SSSR count). The molecule has 2 amide bonds. The number of para-hydroxylation sites is 1. The average molecular weight is 464 g/mol. The molecule has 2 aromatic carbocycles. The topological polar surface area (TPSA) is 86.8 Å². The Morgan fingerprint density at radius 3 is 2.31 bits per heavy atom. The molecular formula is C23H30FN3O4S. The van der Waals surface area contributed by atoms with Crippen molar-refractivity contribution in [2.45, 2.75) is 39.8 Å². The third-order valence-electron chi connectivity index (χ3n) is 5.12. The number of aryl methyl sites for hydroxylation is 1. The van der Waals surface area contributed by atoms with Crippen LogP contribution in [-0.2, 0) is 26.2 Å². The van der Waals surface area contributed by atoms with E-state index in [9.17, 15) is 22.4 Å². The lowest BCUT2D eigenvalue weighted by Crippen LogP contribution is -2.51. The summed E-state index contributed by atoms with van der Waals surface area (Å²) in [6.07, 6.45) is 1.65. The van der Waals surface area contributed by atoms with Gasteiger partial charge in [-0.3, -0.25) is 13.9 Å². The molecule has 0 spiro atoms. The van der Waals surface area contributed by atoms with Gasteiger partial charge in [0, 0.05) is 13.1 Å². The lowest BCUT2D eigenvalue weighted by Gasteiger charge is -2.32. The smallest absolute Gasteiger partial charge is 0.244 e. The fourth-order valence-electron chi connectivity index (χ4n) is 3.20. The highest BCUT2D eigenvalue weighted by Crippen LogP contribution is 2.22. The Kier molecular flexibility index (Phi) is 8.77. The van der Waals surface area contributed by atoms with Gasteiger partial charge in [-0.15, -0.1) is 0 Å². The average Bonchev–Trinajstić information content (AvgIpc) is 2.74. The molecule has 0 radical (unpaired) electrons. The molecule has 2 aromatic rings. The van der Waals surface area contributed by atoms with Crippen molar-refractivity contribution >= 4 is 27.5 Å². The molecule has 174 valence electrons. The van der Waals surface area contributed by atoms with E-state index in [1.807, 2.05) is 38.1 Å². The summed E-state index contributed by atoms with van der Waals surface area (Å²) in [5.41, 5.74) is 1.54. The van der Waals surface area contributed by atoms with Crippen molar-refractivity contribution in [3.63, 3.8) is 0 Å². The number of nitrogens with zero attached hydrogens (tertiary/aromatic N) is 2. The highest BCUT2D eigenvalue weighted by atomic mass is 32.2. The SMILES string of the molecule is CCCNC(=O)C(C)N(Cc1ccccc1C)C(=O)CN(c1ccccc1F)S(C)(=O)=O. The highest BCUT2D eigenvalue weighted by Gasteiger charge is 2.31. The molecule has 0 heterocycles. The molecule has 0 aliphatic heterocycles. The Bertz CT molecular complexity index is 1060. The summed E-state index contributed by atoms with van der Waals surface area (Å²) in [6, 6.07) is 11.9. The Balaban J connectivity index is 2.40. The number of amides is 2. The molecule has 1 unspecified atom stereocenters. The van der Waals surface area contributed by atoms with E-state index in [-0.39, 0.29) is 18.1 Å². The Morgan fingerprint density at radius 2 is 1.72 bits per heavy atom. The Labute approximate surface area is 189 Å². The van der Waals surface area contributed by atoms with Crippen LogP contribution in [0.4, 0.5) is 10.1 Å². The van der Waals surface area contributed by atoms with Gasteiger partial charge in [0.25, 0.3) is 0 Å². The second kappa shape index (κ2) is 11.1. The van der Waals surface area contributed by atoms with Crippen LogP contribution in [0, 0.1) is 12.7 Å². The lowest BCUT2D eigenvalue weighted by atomic mass is 10.1. The van der Waals surface area contributed by atoms with Crippen LogP contribution in [0.2, 0.25) is 0 Å². The Hall–Kier alpha value is -2.94. The molecule has 0 saturated carbocycles. The molecule has 1 N–H and O–H groups in total. The zero-order valence-corrected chi connectivity index (χ0v) is 19.7. The summed E-state index contributed by atoms with van der Waals surface area (Å²) < 4.78 is 39.9. The van der Waals surface area contributed by atoms with Crippen molar-refractivity contribution in [2.24, 2.45) is 0 Å². The minimum atomic E-state index is -3.96. The van der Waals surface area contributed by atoms with Crippen LogP contribution in [0.3, 0.4) is 0 Å². The van der Waals surface area contributed by atoms with E-state index in [4.69, 9.17) is 0 Å². The number of rotatable bonds is 10.